The van der Waals surface area contributed by atoms with E-state index in [1.165, 1.54) is 11.4 Å². The summed E-state index contributed by atoms with van der Waals surface area (Å²) in [6, 6.07) is 0. The second-order valence-corrected chi connectivity index (χ2v) is 9.92. The molecule has 0 heterocycles. The Bertz CT molecular complexity index is 170. The lowest BCUT2D eigenvalue weighted by atomic mass is 10.2. The van der Waals surface area contributed by atoms with Gasteiger partial charge < -0.3 is 9.42 Å². The van der Waals surface area contributed by atoms with Crippen LogP contribution in [0.5, 0.6) is 0 Å². The molecule has 0 aromatic carbocycles. The van der Waals surface area contributed by atoms with E-state index in [-0.39, 0.29) is 9.90 Å². The summed E-state index contributed by atoms with van der Waals surface area (Å²) < 4.78 is 5.17. The third-order valence-electron chi connectivity index (χ3n) is 1.13. The lowest BCUT2D eigenvalue weighted by Gasteiger charge is -2.28. The first kappa shape index (κ1) is 17.7. The van der Waals surface area contributed by atoms with Crippen molar-refractivity contribution in [3.8, 4) is 0 Å². The summed E-state index contributed by atoms with van der Waals surface area (Å²) in [5, 5.41) is 0. The molecule has 6 heteroatoms. The molecule has 0 aromatic heterocycles. The van der Waals surface area contributed by atoms with Crippen LogP contribution in [0.3, 0.4) is 0 Å². The van der Waals surface area contributed by atoms with E-state index in [2.05, 4.69) is 13.8 Å². The molecule has 0 radical (unpaired) electrons. The molecular formula is C8H22O2P2S2. The van der Waals surface area contributed by atoms with Crippen molar-refractivity contribution in [2.45, 2.75) is 27.7 Å². The van der Waals surface area contributed by atoms with Crippen molar-refractivity contribution in [1.82, 2.24) is 0 Å². The Morgan fingerprint density at radius 1 is 1.29 bits per heavy atom. The summed E-state index contributed by atoms with van der Waals surface area (Å²) in [5.74, 6) is 1.69. The van der Waals surface area contributed by atoms with Crippen LogP contribution in [0.1, 0.15) is 27.7 Å². The van der Waals surface area contributed by atoms with E-state index in [0.717, 1.165) is 5.75 Å². The van der Waals surface area contributed by atoms with Gasteiger partial charge in [-0.25, -0.2) is 0 Å². The number of rotatable bonds is 6. The Hall–Kier alpha value is 1.35. The topological polar surface area (TPSA) is 32.3 Å². The van der Waals surface area contributed by atoms with Crippen LogP contribution in [0, 0.1) is 11.8 Å². The standard InChI is InChI=1S/C8H19O2PS2.H3P/c1-7(2)5-10-11(9,12)13-6-8(3)4;/h7-8H,5-6H2,1-4H3,(H,9,12);1H3. The fraction of sp³-hybridized carbons (Fsp3) is 1.00. The minimum absolute atomic E-state index is 0. The normalized spacial score (nSPS) is 15.4. The quantitative estimate of drug-likeness (QED) is 0.697. The maximum absolute atomic E-state index is 11.6. The van der Waals surface area contributed by atoms with Crippen molar-refractivity contribution in [3.05, 3.63) is 0 Å². The first-order chi connectivity index (χ1) is 5.83. The summed E-state index contributed by atoms with van der Waals surface area (Å²) in [7, 11) is 0. The fourth-order valence-corrected chi connectivity index (χ4v) is 4.13. The molecule has 14 heavy (non-hydrogen) atoms. The molecule has 0 aliphatic carbocycles. The van der Waals surface area contributed by atoms with Gasteiger partial charge in [0.05, 0.1) is 6.61 Å². The van der Waals surface area contributed by atoms with Crippen LogP contribution >= 0.6 is 27.0 Å². The van der Waals surface area contributed by atoms with Crippen LogP contribution in [0.25, 0.3) is 0 Å². The zero-order valence-corrected chi connectivity index (χ0v) is 14.2. The molecule has 2 unspecified atom stereocenters. The molecule has 0 aliphatic heterocycles. The Kier molecular flexibility index (Phi) is 10.8. The lowest BCUT2D eigenvalue weighted by Crippen LogP contribution is -2.07. The Labute approximate surface area is 100 Å². The number of hydrogen-bond acceptors (Lipinski definition) is 4. The van der Waals surface area contributed by atoms with Crippen molar-refractivity contribution < 1.29 is 9.42 Å². The second-order valence-electron chi connectivity index (χ2n) is 3.83. The van der Waals surface area contributed by atoms with E-state index in [1.807, 2.05) is 13.8 Å². The van der Waals surface area contributed by atoms with Crippen LogP contribution in [-0.2, 0) is 16.3 Å². The van der Waals surface area contributed by atoms with Gasteiger partial charge in [-0.3, -0.25) is 0 Å². The smallest absolute Gasteiger partial charge is 0.0536 e. The molecule has 2 atom stereocenters. The van der Waals surface area contributed by atoms with Gasteiger partial charge in [0.15, 0.2) is 0 Å². The Morgan fingerprint density at radius 2 is 1.79 bits per heavy atom. The zero-order chi connectivity index (χ0) is 10.5. The van der Waals surface area contributed by atoms with E-state index in [4.69, 9.17) is 16.3 Å². The van der Waals surface area contributed by atoms with Gasteiger partial charge in [0.2, 0.25) is 0 Å². The SMILES string of the molecule is CC(C)COP([O-])(=S)SCC(C)C.[PH4+]. The molecular weight excluding hydrogens is 254 g/mol. The monoisotopic (exact) mass is 276 g/mol. The Morgan fingerprint density at radius 3 is 2.14 bits per heavy atom. The highest BCUT2D eigenvalue weighted by atomic mass is 32.9. The summed E-state index contributed by atoms with van der Waals surface area (Å²) in [4.78, 5) is 11.6. The maximum atomic E-state index is 11.6. The van der Waals surface area contributed by atoms with Gasteiger partial charge in [-0.05, 0) is 21.7 Å². The van der Waals surface area contributed by atoms with E-state index in [9.17, 15) is 4.89 Å². The molecule has 0 rings (SSSR count). The highest BCUT2D eigenvalue weighted by Crippen LogP contribution is 2.52. The third kappa shape index (κ3) is 11.4. The summed E-state index contributed by atoms with van der Waals surface area (Å²) in [6.07, 6.45) is 0. The minimum atomic E-state index is -2.80. The largest absolute Gasteiger partial charge is 0.793 e. The lowest BCUT2D eigenvalue weighted by molar-refractivity contribution is -0.175. The van der Waals surface area contributed by atoms with Gasteiger partial charge in [0.25, 0.3) is 0 Å². The van der Waals surface area contributed by atoms with Crippen LogP contribution in [0.2, 0.25) is 0 Å². The molecule has 0 saturated carbocycles. The molecule has 0 fully saturated rings. The molecule has 0 saturated heterocycles. The molecule has 0 spiro atoms. The molecule has 0 amide bonds. The van der Waals surface area contributed by atoms with E-state index >= 15 is 0 Å². The van der Waals surface area contributed by atoms with E-state index < -0.39 is 5.69 Å². The van der Waals surface area contributed by atoms with Crippen LogP contribution in [-0.4, -0.2) is 12.4 Å². The van der Waals surface area contributed by atoms with Gasteiger partial charge >= 0.3 is 0 Å². The molecule has 0 N–H and O–H groups in total. The molecule has 2 nitrogen and oxygen atoms in total. The van der Waals surface area contributed by atoms with Crippen molar-refractivity contribution in [3.63, 3.8) is 0 Å². The zero-order valence-electron chi connectivity index (χ0n) is 9.65. The second kappa shape index (κ2) is 8.50. The highest BCUT2D eigenvalue weighted by molar-refractivity contribution is 8.67. The molecule has 88 valence electrons. The first-order valence-corrected chi connectivity index (χ1v) is 8.66. The molecule has 0 aromatic rings. The van der Waals surface area contributed by atoms with Gasteiger partial charge in [0.1, 0.15) is 0 Å². The molecule has 0 aliphatic rings. The van der Waals surface area contributed by atoms with Crippen molar-refractivity contribution in [2.75, 3.05) is 12.4 Å². The first-order valence-electron chi connectivity index (χ1n) is 4.43. The maximum Gasteiger partial charge on any atom is 0.0536 e. The summed E-state index contributed by atoms with van der Waals surface area (Å²) in [5.41, 5.74) is -2.80. The van der Waals surface area contributed by atoms with Gasteiger partial charge in [-0.1, -0.05) is 39.5 Å². The van der Waals surface area contributed by atoms with Crippen molar-refractivity contribution in [1.29, 1.82) is 0 Å². The average Bonchev–Trinajstić information content (AvgIpc) is 1.98. The number of hydrogen-bond donors (Lipinski definition) is 0. The predicted molar refractivity (Wildman–Crippen MR) is 74.9 cm³/mol. The third-order valence-corrected chi connectivity index (χ3v) is 5.71. The van der Waals surface area contributed by atoms with Gasteiger partial charge in [-0.15, -0.1) is 11.4 Å². The molecule has 0 bridgehead atoms. The van der Waals surface area contributed by atoms with Crippen LogP contribution < -0.4 is 4.89 Å². The van der Waals surface area contributed by atoms with Crippen LogP contribution in [0.15, 0.2) is 0 Å². The predicted octanol–water partition coefficient (Wildman–Crippen LogP) is 2.42. The van der Waals surface area contributed by atoms with Crippen molar-refractivity contribution >= 4 is 38.8 Å². The van der Waals surface area contributed by atoms with E-state index in [0.29, 0.717) is 18.4 Å². The van der Waals surface area contributed by atoms with Crippen LogP contribution in [0.4, 0.5) is 0 Å². The van der Waals surface area contributed by atoms with Gasteiger partial charge in [0, 0.05) is 11.4 Å². The Balaban J connectivity index is 0. The minimum Gasteiger partial charge on any atom is -0.793 e. The van der Waals surface area contributed by atoms with Crippen molar-refractivity contribution in [2.24, 2.45) is 11.8 Å². The summed E-state index contributed by atoms with van der Waals surface area (Å²) in [6.45, 7) is 8.67. The van der Waals surface area contributed by atoms with E-state index in [1.54, 1.807) is 0 Å². The summed E-state index contributed by atoms with van der Waals surface area (Å²) >= 11 is 6.15. The van der Waals surface area contributed by atoms with Gasteiger partial charge in [-0.2, -0.15) is 0 Å². The highest BCUT2D eigenvalue weighted by Gasteiger charge is 2.06. The average molecular weight is 276 g/mol. The fourth-order valence-electron chi connectivity index (χ4n) is 0.518.